The minimum Gasteiger partial charge on any atom is -0.382 e. The molecule has 0 aliphatic heterocycles. The molecule has 2 N–H and O–H groups in total. The number of anilines is 1. The first-order valence-corrected chi connectivity index (χ1v) is 8.93. The number of allylic oxidation sites excluding steroid dienone is 1. The highest BCUT2D eigenvalue weighted by Crippen LogP contribution is 2.25. The van der Waals surface area contributed by atoms with Crippen LogP contribution in [0.2, 0.25) is 0 Å². The molecular weight excluding hydrogens is 374 g/mol. The number of nitrogen functional groups attached to an aromatic ring is 1. The summed E-state index contributed by atoms with van der Waals surface area (Å²) in [6, 6.07) is 10.4. The summed E-state index contributed by atoms with van der Waals surface area (Å²) in [5.74, 6) is 1.30. The molecule has 3 rings (SSSR count). The SMILES string of the molecule is C=CCn1c(Br)nc2c(N)nc(SCCc3ccccc3)nc21. The molecule has 2 aromatic heterocycles. The molecule has 0 saturated carbocycles. The van der Waals surface area contributed by atoms with Crippen LogP contribution < -0.4 is 5.73 Å². The predicted octanol–water partition coefficient (Wildman–Crippen LogP) is 3.69. The van der Waals surface area contributed by atoms with Crippen molar-refractivity contribution in [1.82, 2.24) is 19.5 Å². The summed E-state index contributed by atoms with van der Waals surface area (Å²) in [6.45, 7) is 4.37. The summed E-state index contributed by atoms with van der Waals surface area (Å²) in [7, 11) is 0. The van der Waals surface area contributed by atoms with Crippen LogP contribution in [-0.4, -0.2) is 25.3 Å². The lowest BCUT2D eigenvalue weighted by molar-refractivity contribution is 0.804. The maximum atomic E-state index is 6.03. The second-order valence-electron chi connectivity index (χ2n) is 4.93. The number of thioether (sulfide) groups is 1. The Labute approximate surface area is 147 Å². The van der Waals surface area contributed by atoms with Gasteiger partial charge < -0.3 is 5.73 Å². The van der Waals surface area contributed by atoms with Crippen molar-refractivity contribution in [3.63, 3.8) is 0 Å². The fraction of sp³-hybridized carbons (Fsp3) is 0.188. The number of nitrogens with two attached hydrogens (primary N) is 1. The van der Waals surface area contributed by atoms with Gasteiger partial charge in [-0.05, 0) is 27.9 Å². The fourth-order valence-corrected chi connectivity index (χ4v) is 3.56. The maximum Gasteiger partial charge on any atom is 0.191 e. The number of nitrogens with zero attached hydrogens (tertiary/aromatic N) is 4. The van der Waals surface area contributed by atoms with Crippen molar-refractivity contribution in [3.8, 4) is 0 Å². The van der Waals surface area contributed by atoms with Crippen molar-refractivity contribution in [2.24, 2.45) is 0 Å². The molecular formula is C16H16BrN5S. The zero-order valence-electron chi connectivity index (χ0n) is 12.4. The fourth-order valence-electron chi connectivity index (χ4n) is 2.23. The summed E-state index contributed by atoms with van der Waals surface area (Å²) in [6.07, 6.45) is 2.76. The van der Waals surface area contributed by atoms with Gasteiger partial charge in [-0.15, -0.1) is 6.58 Å². The Morgan fingerprint density at radius 1 is 1.22 bits per heavy atom. The number of halogens is 1. The van der Waals surface area contributed by atoms with E-state index >= 15 is 0 Å². The number of imidazole rings is 1. The van der Waals surface area contributed by atoms with Crippen molar-refractivity contribution < 1.29 is 0 Å². The Morgan fingerprint density at radius 3 is 2.74 bits per heavy atom. The predicted molar refractivity (Wildman–Crippen MR) is 98.5 cm³/mol. The lowest BCUT2D eigenvalue weighted by Gasteiger charge is -2.05. The molecule has 0 radical (unpaired) electrons. The van der Waals surface area contributed by atoms with Crippen molar-refractivity contribution in [1.29, 1.82) is 0 Å². The smallest absolute Gasteiger partial charge is 0.191 e. The molecule has 0 bridgehead atoms. The first kappa shape index (κ1) is 16.0. The second kappa shape index (κ2) is 7.14. The van der Waals surface area contributed by atoms with Gasteiger partial charge in [-0.3, -0.25) is 4.57 Å². The summed E-state index contributed by atoms with van der Waals surface area (Å²) in [4.78, 5) is 13.3. The van der Waals surface area contributed by atoms with Gasteiger partial charge in [-0.25, -0.2) is 15.0 Å². The number of hydrogen-bond donors (Lipinski definition) is 1. The summed E-state index contributed by atoms with van der Waals surface area (Å²) in [5, 5.41) is 0.670. The zero-order chi connectivity index (χ0) is 16.2. The average molecular weight is 390 g/mol. The molecule has 5 nitrogen and oxygen atoms in total. The molecule has 23 heavy (non-hydrogen) atoms. The average Bonchev–Trinajstić information content (AvgIpc) is 2.86. The molecule has 0 unspecified atom stereocenters. The summed E-state index contributed by atoms with van der Waals surface area (Å²) < 4.78 is 2.60. The van der Waals surface area contributed by atoms with Crippen LogP contribution in [0.25, 0.3) is 11.2 Å². The highest BCUT2D eigenvalue weighted by atomic mass is 79.9. The van der Waals surface area contributed by atoms with E-state index in [0.29, 0.717) is 27.8 Å². The number of aryl methyl sites for hydroxylation is 1. The van der Waals surface area contributed by atoms with Crippen LogP contribution in [0.1, 0.15) is 5.56 Å². The van der Waals surface area contributed by atoms with Gasteiger partial charge in [0.1, 0.15) is 0 Å². The van der Waals surface area contributed by atoms with Crippen molar-refractivity contribution in [2.75, 3.05) is 11.5 Å². The Balaban J connectivity index is 1.81. The number of rotatable bonds is 6. The molecule has 118 valence electrons. The summed E-state index contributed by atoms with van der Waals surface area (Å²) >= 11 is 5.02. The van der Waals surface area contributed by atoms with Crippen LogP contribution in [0.4, 0.5) is 5.82 Å². The first-order valence-electron chi connectivity index (χ1n) is 7.16. The van der Waals surface area contributed by atoms with E-state index in [1.807, 2.05) is 22.8 Å². The Morgan fingerprint density at radius 2 is 2.00 bits per heavy atom. The number of hydrogen-bond acceptors (Lipinski definition) is 5. The molecule has 3 aromatic rings. The number of benzene rings is 1. The van der Waals surface area contributed by atoms with Gasteiger partial charge in [0.15, 0.2) is 26.9 Å². The molecule has 0 fully saturated rings. The topological polar surface area (TPSA) is 69.6 Å². The highest BCUT2D eigenvalue weighted by Gasteiger charge is 2.14. The van der Waals surface area contributed by atoms with E-state index in [1.54, 1.807) is 17.8 Å². The first-order chi connectivity index (χ1) is 11.2. The lowest BCUT2D eigenvalue weighted by atomic mass is 10.2. The zero-order valence-corrected chi connectivity index (χ0v) is 14.8. The van der Waals surface area contributed by atoms with Gasteiger partial charge >= 0.3 is 0 Å². The van der Waals surface area contributed by atoms with Crippen LogP contribution >= 0.6 is 27.7 Å². The van der Waals surface area contributed by atoms with E-state index in [4.69, 9.17) is 5.73 Å². The molecule has 7 heteroatoms. The van der Waals surface area contributed by atoms with Gasteiger partial charge in [0, 0.05) is 12.3 Å². The van der Waals surface area contributed by atoms with Crippen molar-refractivity contribution in [2.45, 2.75) is 18.1 Å². The molecule has 2 heterocycles. The standard InChI is InChI=1S/C16H16BrN5S/c1-2-9-22-14-12(19-15(22)17)13(18)20-16(21-14)23-10-8-11-6-4-3-5-7-11/h2-7H,1,8-10H2,(H2,18,20,21). The van der Waals surface area contributed by atoms with Crippen molar-refractivity contribution >= 4 is 44.7 Å². The van der Waals surface area contributed by atoms with E-state index in [1.165, 1.54) is 5.56 Å². The highest BCUT2D eigenvalue weighted by molar-refractivity contribution is 9.10. The van der Waals surface area contributed by atoms with Crippen LogP contribution in [0.3, 0.4) is 0 Å². The minimum absolute atomic E-state index is 0.403. The van der Waals surface area contributed by atoms with Crippen molar-refractivity contribution in [3.05, 3.63) is 53.3 Å². The van der Waals surface area contributed by atoms with Gasteiger partial charge in [-0.2, -0.15) is 0 Å². The number of fused-ring (bicyclic) bond motifs is 1. The van der Waals surface area contributed by atoms with E-state index in [0.717, 1.165) is 17.8 Å². The third-order valence-electron chi connectivity index (χ3n) is 3.33. The number of aromatic nitrogens is 4. The molecule has 0 amide bonds. The third-order valence-corrected chi connectivity index (χ3v) is 4.79. The Hall–Kier alpha value is -1.86. The molecule has 0 atom stereocenters. The monoisotopic (exact) mass is 389 g/mol. The molecule has 0 saturated heterocycles. The normalized spacial score (nSPS) is 11.0. The molecule has 0 aliphatic carbocycles. The van der Waals surface area contributed by atoms with Gasteiger partial charge in [0.2, 0.25) is 0 Å². The van der Waals surface area contributed by atoms with Gasteiger partial charge in [0.25, 0.3) is 0 Å². The van der Waals surface area contributed by atoms with E-state index < -0.39 is 0 Å². The van der Waals surface area contributed by atoms with Crippen LogP contribution in [0.5, 0.6) is 0 Å². The van der Waals surface area contributed by atoms with Gasteiger partial charge in [-0.1, -0.05) is 48.2 Å². The van der Waals surface area contributed by atoms with Gasteiger partial charge in [0.05, 0.1) is 0 Å². The van der Waals surface area contributed by atoms with Crippen LogP contribution in [-0.2, 0) is 13.0 Å². The van der Waals surface area contributed by atoms with Crippen LogP contribution in [0, 0.1) is 0 Å². The van der Waals surface area contributed by atoms with E-state index in [-0.39, 0.29) is 0 Å². The second-order valence-corrected chi connectivity index (χ2v) is 6.70. The Bertz CT molecular complexity index is 831. The Kier molecular flexibility index (Phi) is 4.97. The van der Waals surface area contributed by atoms with E-state index in [2.05, 4.69) is 49.6 Å². The van der Waals surface area contributed by atoms with Crippen LogP contribution in [0.15, 0.2) is 52.9 Å². The third kappa shape index (κ3) is 3.56. The molecule has 0 spiro atoms. The lowest BCUT2D eigenvalue weighted by Crippen LogP contribution is -2.01. The quantitative estimate of drug-likeness (QED) is 0.301. The minimum atomic E-state index is 0.403. The summed E-state index contributed by atoms with van der Waals surface area (Å²) in [5.41, 5.74) is 8.68. The largest absolute Gasteiger partial charge is 0.382 e. The van der Waals surface area contributed by atoms with E-state index in [9.17, 15) is 0 Å². The molecule has 1 aromatic carbocycles. The molecule has 0 aliphatic rings. The maximum absolute atomic E-state index is 6.03.